The van der Waals surface area contributed by atoms with Crippen molar-refractivity contribution in [1.82, 2.24) is 15.6 Å². The smallest absolute Gasteiger partial charge is 0.191 e. The Hall–Kier alpha value is -2.67. The number of hydrogen-bond acceptors (Lipinski definition) is 5. The van der Waals surface area contributed by atoms with Crippen LogP contribution >= 0.6 is 11.6 Å². The van der Waals surface area contributed by atoms with E-state index in [1.807, 2.05) is 49.5 Å². The lowest BCUT2D eigenvalue weighted by Gasteiger charge is -2.22. The highest BCUT2D eigenvalue weighted by Crippen LogP contribution is 2.33. The van der Waals surface area contributed by atoms with Gasteiger partial charge in [0.25, 0.3) is 0 Å². The van der Waals surface area contributed by atoms with Crippen LogP contribution in [0.4, 0.5) is 11.5 Å². The molecule has 0 radical (unpaired) electrons. The van der Waals surface area contributed by atoms with Gasteiger partial charge in [-0.2, -0.15) is 0 Å². The predicted octanol–water partition coefficient (Wildman–Crippen LogP) is 2.75. The van der Waals surface area contributed by atoms with Gasteiger partial charge >= 0.3 is 0 Å². The number of benzene rings is 1. The second-order valence-corrected chi connectivity index (χ2v) is 7.67. The molecule has 1 aliphatic rings. The molecule has 3 rings (SSSR count). The molecule has 1 aromatic heterocycles. The summed E-state index contributed by atoms with van der Waals surface area (Å²) in [6, 6.07) is 10.1. The van der Waals surface area contributed by atoms with Crippen LogP contribution in [-0.4, -0.2) is 58.3 Å². The summed E-state index contributed by atoms with van der Waals surface area (Å²) < 4.78 is 5.50. The zero-order valence-electron chi connectivity index (χ0n) is 17.4. The monoisotopic (exact) mass is 416 g/mol. The minimum atomic E-state index is 0.291. The summed E-state index contributed by atoms with van der Waals surface area (Å²) in [6.07, 6.45) is 2.84. The van der Waals surface area contributed by atoms with Crippen molar-refractivity contribution in [1.29, 1.82) is 0 Å². The maximum Gasteiger partial charge on any atom is 0.191 e. The largest absolute Gasteiger partial charge is 0.495 e. The number of nitrogens with one attached hydrogen (secondary N) is 2. The Kier molecular flexibility index (Phi) is 7.04. The van der Waals surface area contributed by atoms with E-state index in [1.165, 1.54) is 0 Å². The van der Waals surface area contributed by atoms with Gasteiger partial charge in [0, 0.05) is 58.0 Å². The molecular formula is C21H29ClN6O. The molecule has 29 heavy (non-hydrogen) atoms. The normalized spacial score (nSPS) is 16.7. The third-order valence-electron chi connectivity index (χ3n) is 4.96. The van der Waals surface area contributed by atoms with Crippen LogP contribution in [0.5, 0.6) is 5.75 Å². The predicted molar refractivity (Wildman–Crippen MR) is 121 cm³/mol. The van der Waals surface area contributed by atoms with Gasteiger partial charge in [-0.25, -0.2) is 4.98 Å². The Bertz CT molecular complexity index is 857. The maximum atomic E-state index is 6.19. The van der Waals surface area contributed by atoms with E-state index in [0.29, 0.717) is 17.6 Å². The van der Waals surface area contributed by atoms with Crippen molar-refractivity contribution in [3.8, 4) is 5.75 Å². The first-order chi connectivity index (χ1) is 14.0. The third kappa shape index (κ3) is 5.44. The summed E-state index contributed by atoms with van der Waals surface area (Å²) in [6.45, 7) is 2.47. The van der Waals surface area contributed by atoms with Gasteiger partial charge in [-0.05, 0) is 42.3 Å². The third-order valence-corrected chi connectivity index (χ3v) is 5.20. The Morgan fingerprint density at radius 2 is 2.17 bits per heavy atom. The fraction of sp³-hybridized carbons (Fsp3) is 0.429. The van der Waals surface area contributed by atoms with E-state index >= 15 is 0 Å². The number of ether oxygens (including phenoxy) is 1. The first-order valence-electron chi connectivity index (χ1n) is 9.68. The van der Waals surface area contributed by atoms with Crippen LogP contribution in [0.1, 0.15) is 12.0 Å². The molecule has 0 saturated carbocycles. The average Bonchev–Trinajstić information content (AvgIpc) is 3.19. The number of hydrogen-bond donors (Lipinski definition) is 2. The van der Waals surface area contributed by atoms with Gasteiger partial charge in [-0.1, -0.05) is 11.6 Å². The van der Waals surface area contributed by atoms with Crippen LogP contribution in [0, 0.1) is 0 Å². The molecule has 8 heteroatoms. The lowest BCUT2D eigenvalue weighted by Crippen LogP contribution is -2.44. The van der Waals surface area contributed by atoms with Crippen molar-refractivity contribution in [2.75, 3.05) is 51.1 Å². The number of aromatic nitrogens is 1. The molecule has 0 aliphatic carbocycles. The number of aliphatic imine (C=N–C) groups is 1. The van der Waals surface area contributed by atoms with E-state index < -0.39 is 0 Å². The number of nitrogens with zero attached hydrogens (tertiary/aromatic N) is 4. The molecule has 7 nitrogen and oxygen atoms in total. The molecule has 1 unspecified atom stereocenters. The van der Waals surface area contributed by atoms with Crippen LogP contribution in [0.25, 0.3) is 0 Å². The summed E-state index contributed by atoms with van der Waals surface area (Å²) >= 11 is 6.19. The second-order valence-electron chi connectivity index (χ2n) is 7.23. The van der Waals surface area contributed by atoms with Gasteiger partial charge in [-0.3, -0.25) is 4.99 Å². The van der Waals surface area contributed by atoms with Crippen LogP contribution in [0.3, 0.4) is 0 Å². The summed E-state index contributed by atoms with van der Waals surface area (Å²) in [5.41, 5.74) is 2.18. The van der Waals surface area contributed by atoms with Gasteiger partial charge in [0.05, 0.1) is 12.8 Å². The number of anilines is 2. The maximum absolute atomic E-state index is 6.19. The van der Waals surface area contributed by atoms with Gasteiger partial charge in [0.1, 0.15) is 11.6 Å². The van der Waals surface area contributed by atoms with Crippen molar-refractivity contribution in [3.63, 3.8) is 0 Å². The standard InChI is InChI=1S/C21H29ClN6O/c1-23-21(25-13-15-7-9-24-20(11-15)27(2)3)26-17-8-10-28(14-17)18-12-16(22)5-6-19(18)29-4/h5-7,9,11-12,17H,8,10,13-14H2,1-4H3,(H2,23,25,26). The zero-order chi connectivity index (χ0) is 20.8. The van der Waals surface area contributed by atoms with Crippen LogP contribution in [0.15, 0.2) is 41.5 Å². The molecule has 2 aromatic rings. The van der Waals surface area contributed by atoms with E-state index in [4.69, 9.17) is 16.3 Å². The molecule has 2 N–H and O–H groups in total. The quantitative estimate of drug-likeness (QED) is 0.557. The highest BCUT2D eigenvalue weighted by atomic mass is 35.5. The summed E-state index contributed by atoms with van der Waals surface area (Å²) in [7, 11) is 7.45. The number of halogens is 1. The lowest BCUT2D eigenvalue weighted by molar-refractivity contribution is 0.415. The number of methoxy groups -OCH3 is 1. The highest BCUT2D eigenvalue weighted by molar-refractivity contribution is 6.30. The molecule has 1 fully saturated rings. The number of rotatable bonds is 6. The van der Waals surface area contributed by atoms with E-state index in [0.717, 1.165) is 48.3 Å². The van der Waals surface area contributed by atoms with E-state index in [-0.39, 0.29) is 0 Å². The van der Waals surface area contributed by atoms with Crippen molar-refractivity contribution >= 4 is 29.1 Å². The molecule has 1 atom stereocenters. The highest BCUT2D eigenvalue weighted by Gasteiger charge is 2.25. The molecule has 1 aliphatic heterocycles. The molecule has 2 heterocycles. The van der Waals surface area contributed by atoms with Gasteiger partial charge in [0.15, 0.2) is 5.96 Å². The van der Waals surface area contributed by atoms with Gasteiger partial charge in [0.2, 0.25) is 0 Å². The second kappa shape index (κ2) is 9.69. The van der Waals surface area contributed by atoms with Crippen LogP contribution in [-0.2, 0) is 6.54 Å². The summed E-state index contributed by atoms with van der Waals surface area (Å²) in [4.78, 5) is 13.0. The fourth-order valence-electron chi connectivity index (χ4n) is 3.40. The Labute approximate surface area is 177 Å². The minimum absolute atomic E-state index is 0.291. The van der Waals surface area contributed by atoms with E-state index in [2.05, 4.69) is 31.6 Å². The molecule has 0 spiro atoms. The molecular weight excluding hydrogens is 388 g/mol. The topological polar surface area (TPSA) is 65.0 Å². The molecule has 156 valence electrons. The summed E-state index contributed by atoms with van der Waals surface area (Å²) in [5, 5.41) is 7.63. The van der Waals surface area contributed by atoms with Crippen molar-refractivity contribution in [3.05, 3.63) is 47.1 Å². The molecule has 0 bridgehead atoms. The van der Waals surface area contributed by atoms with Crippen molar-refractivity contribution < 1.29 is 4.74 Å². The van der Waals surface area contributed by atoms with Crippen LogP contribution in [0.2, 0.25) is 5.02 Å². The Morgan fingerprint density at radius 1 is 1.34 bits per heavy atom. The van der Waals surface area contributed by atoms with Crippen molar-refractivity contribution in [2.24, 2.45) is 4.99 Å². The first-order valence-corrected chi connectivity index (χ1v) is 10.1. The van der Waals surface area contributed by atoms with E-state index in [9.17, 15) is 0 Å². The number of pyridine rings is 1. The van der Waals surface area contributed by atoms with Gasteiger partial charge < -0.3 is 25.2 Å². The Balaban J connectivity index is 1.57. The number of guanidine groups is 1. The first kappa shape index (κ1) is 21.0. The van der Waals surface area contributed by atoms with E-state index in [1.54, 1.807) is 14.2 Å². The summed E-state index contributed by atoms with van der Waals surface area (Å²) in [5.74, 6) is 2.57. The van der Waals surface area contributed by atoms with Gasteiger partial charge in [-0.15, -0.1) is 0 Å². The molecule has 1 aromatic carbocycles. The van der Waals surface area contributed by atoms with Crippen LogP contribution < -0.4 is 25.2 Å². The van der Waals surface area contributed by atoms with Crippen molar-refractivity contribution in [2.45, 2.75) is 19.0 Å². The fourth-order valence-corrected chi connectivity index (χ4v) is 3.56. The molecule has 1 saturated heterocycles. The minimum Gasteiger partial charge on any atom is -0.495 e. The zero-order valence-corrected chi connectivity index (χ0v) is 18.2. The lowest BCUT2D eigenvalue weighted by atomic mass is 10.2. The Morgan fingerprint density at radius 3 is 2.90 bits per heavy atom. The SMILES string of the molecule is CN=C(NCc1ccnc(N(C)C)c1)NC1CCN(c2cc(Cl)ccc2OC)C1. The molecule has 0 amide bonds. The average molecular weight is 417 g/mol.